The molecule has 0 bridgehead atoms. The maximum atomic E-state index is 11.8. The molecule has 2 amide bonds. The van der Waals surface area contributed by atoms with Gasteiger partial charge in [0.1, 0.15) is 0 Å². The Kier molecular flexibility index (Phi) is 50.2. The molecule has 2 radical (unpaired) electrons. The molecule has 0 saturated heterocycles. The standard InChI is InChI=1S/2C15H12O2.2C10H11N3O3.2C3H7NO.2CH4O.2Dy/c2*16-14(12-7-3-1-4-8-12)11-15(17)13-9-5-2-6-10-13;2*1-7(13-16)10(15)12-11-6-8-4-2-3-5-9(8)14;2*1-4(2)3-5;2*1-2;;/h2*1-11,16H;2*2-6,14,16H,1H3,(H,12,15);2*3H,1-2H3;2*2H,1H3;;/q;;;;;;;;2*+3/p-6/b2*14-11-;2*11-6+,13-7+;;;;;;. The Morgan fingerprint density at radius 2 is 0.659 bits per heavy atom. The van der Waals surface area contributed by atoms with E-state index in [1.807, 2.05) is 24.3 Å². The van der Waals surface area contributed by atoms with Gasteiger partial charge in [0, 0.05) is 65.3 Å². The van der Waals surface area contributed by atoms with Gasteiger partial charge in [-0.25, -0.2) is 0 Å². The van der Waals surface area contributed by atoms with Gasteiger partial charge in [-0.3, -0.25) is 19.2 Å². The van der Waals surface area contributed by atoms with Crippen molar-refractivity contribution in [2.24, 2.45) is 30.7 Å². The van der Waals surface area contributed by atoms with Gasteiger partial charge in [0.25, 0.3) is 0 Å². The minimum Gasteiger partial charge on any atom is -0.872 e. The summed E-state index contributed by atoms with van der Waals surface area (Å²) >= 11 is 0. The fraction of sp³-hybridized carbons (Fsp3) is 0.138. The quantitative estimate of drug-likeness (QED) is 0.0178. The molecule has 0 aliphatic carbocycles. The number of nitrogens with zero attached hydrogens (tertiary/aromatic N) is 8. The molecule has 0 aliphatic heterocycles. The van der Waals surface area contributed by atoms with E-state index in [0.717, 1.165) is 39.2 Å². The molecule has 0 aliphatic rings. The second-order valence-corrected chi connectivity index (χ2v) is 15.1. The van der Waals surface area contributed by atoms with Gasteiger partial charge in [0.2, 0.25) is 12.8 Å². The van der Waals surface area contributed by atoms with Crippen LogP contribution >= 0.6 is 0 Å². The van der Waals surface area contributed by atoms with Crippen molar-refractivity contribution in [3.05, 3.63) is 215 Å². The van der Waals surface area contributed by atoms with Crippen molar-refractivity contribution < 1.29 is 147 Å². The summed E-state index contributed by atoms with van der Waals surface area (Å²) in [6, 6.07) is 47.4. The smallest absolute Gasteiger partial charge is 0.872 e. The van der Waals surface area contributed by atoms with Gasteiger partial charge in [0.15, 0.2) is 11.6 Å². The van der Waals surface area contributed by atoms with Crippen LogP contribution in [0.5, 0.6) is 11.5 Å². The van der Waals surface area contributed by atoms with Crippen LogP contribution in [0.4, 0.5) is 0 Å². The molecule has 24 heteroatoms. The molecule has 4 N–H and O–H groups in total. The number of carbonyl (C=O) groups excluding carboxylic acids is 4. The van der Waals surface area contributed by atoms with E-state index in [1.54, 1.807) is 162 Å². The molecule has 82 heavy (non-hydrogen) atoms. The van der Waals surface area contributed by atoms with Crippen molar-refractivity contribution in [2.45, 2.75) is 13.8 Å². The number of allylic oxidation sites excluding steroid dienone is 2. The molecule has 438 valence electrons. The third-order valence-electron chi connectivity index (χ3n) is 8.63. The Morgan fingerprint density at radius 1 is 0.427 bits per heavy atom. The summed E-state index contributed by atoms with van der Waals surface area (Å²) in [5.74, 6) is -3.00. The van der Waals surface area contributed by atoms with Gasteiger partial charge in [-0.2, -0.15) is 20.4 Å². The van der Waals surface area contributed by atoms with Crippen LogP contribution in [-0.4, -0.2) is 133 Å². The minimum atomic E-state index is -0.762. The van der Waals surface area contributed by atoms with E-state index in [1.165, 1.54) is 48.2 Å². The molecule has 0 spiro atoms. The van der Waals surface area contributed by atoms with Crippen molar-refractivity contribution in [3.63, 3.8) is 0 Å². The number of aliphatic hydroxyl groups excluding tert-OH is 2. The Hall–Kier alpha value is -8.03. The monoisotopic (exact) mass is 1420 g/mol. The predicted molar refractivity (Wildman–Crippen MR) is 298 cm³/mol. The van der Waals surface area contributed by atoms with Gasteiger partial charge >= 0.3 is 76.3 Å². The van der Waals surface area contributed by atoms with E-state index in [-0.39, 0.29) is 122 Å². The number of benzene rings is 6. The number of carbonyl (C=O) groups is 4. The number of para-hydroxylation sites is 2. The Bertz CT molecular complexity index is 2760. The van der Waals surface area contributed by atoms with Crippen LogP contribution in [0, 0.1) is 76.3 Å². The van der Waals surface area contributed by atoms with Crippen molar-refractivity contribution in [1.29, 1.82) is 0 Å². The molecule has 0 saturated carbocycles. The first-order valence-electron chi connectivity index (χ1n) is 23.0. The van der Waals surface area contributed by atoms with E-state index in [4.69, 9.17) is 20.6 Å². The van der Waals surface area contributed by atoms with Crippen LogP contribution in [0.25, 0.3) is 11.5 Å². The van der Waals surface area contributed by atoms with Gasteiger partial charge in [-0.1, -0.05) is 203 Å². The number of amides is 2. The SMILES string of the molecule is CC(=N\O)/C([O-])=N/N=C/c1ccccc1[O-].CC(=N\O)/C([O-])=N/N=C/c1ccccc1[O-].CN(C)C=O.CN(C)C=O.CO.CO.O=C(/C=C(\[O-])c1ccccc1)c1ccccc1.O=C(/C=C(\[O-])c1ccccc1)c1ccccc1.[Dy+3].[Dy+3]. The number of rotatable bonds is 14. The van der Waals surface area contributed by atoms with Crippen molar-refractivity contribution in [3.8, 4) is 11.5 Å². The van der Waals surface area contributed by atoms with Crippen LogP contribution in [0.1, 0.15) is 56.8 Å². The molecule has 22 nitrogen and oxygen atoms in total. The number of hydrogen-bond acceptors (Lipinski definition) is 20. The molecule has 6 aromatic rings. The van der Waals surface area contributed by atoms with Gasteiger partial charge < -0.3 is 61.1 Å². The Labute approximate surface area is 537 Å². The number of ketones is 2. The zero-order valence-electron chi connectivity index (χ0n) is 45.7. The normalized spacial score (nSPS) is 10.8. The third kappa shape index (κ3) is 37.8. The molecule has 0 atom stereocenters. The van der Waals surface area contributed by atoms with E-state index >= 15 is 0 Å². The molecule has 0 heterocycles. The molecular formula is C58H62Dy2N8O14. The van der Waals surface area contributed by atoms with Crippen LogP contribution < -0.4 is 30.6 Å². The van der Waals surface area contributed by atoms with Crippen molar-refractivity contribution in [2.75, 3.05) is 42.4 Å². The molecule has 6 rings (SSSR count). The maximum absolute atomic E-state index is 11.8. The first-order valence-corrected chi connectivity index (χ1v) is 23.0. The summed E-state index contributed by atoms with van der Waals surface area (Å²) in [4.78, 5) is 45.3. The predicted octanol–water partition coefficient (Wildman–Crippen LogP) is 2.57. The number of aliphatic hydroxyl groups is 2. The summed E-state index contributed by atoms with van der Waals surface area (Å²) < 4.78 is 0. The van der Waals surface area contributed by atoms with E-state index in [9.17, 15) is 49.8 Å². The summed E-state index contributed by atoms with van der Waals surface area (Å²) in [6.45, 7) is 2.59. The molecule has 6 aromatic carbocycles. The van der Waals surface area contributed by atoms with Gasteiger partial charge in [-0.05, 0) is 48.3 Å². The fourth-order valence-corrected chi connectivity index (χ4v) is 4.67. The third-order valence-corrected chi connectivity index (χ3v) is 8.63. The van der Waals surface area contributed by atoms with E-state index in [0.29, 0.717) is 33.4 Å². The van der Waals surface area contributed by atoms with E-state index in [2.05, 4.69) is 30.7 Å². The molecule has 0 aromatic heterocycles. The second kappa shape index (κ2) is 51.1. The van der Waals surface area contributed by atoms with Crippen molar-refractivity contribution >= 4 is 71.6 Å². The largest absolute Gasteiger partial charge is 3.00 e. The first kappa shape index (κ1) is 80.4. The Morgan fingerprint density at radius 3 is 0.890 bits per heavy atom. The van der Waals surface area contributed by atoms with E-state index < -0.39 is 11.8 Å². The summed E-state index contributed by atoms with van der Waals surface area (Å²) in [7, 11) is 8.75. The fourth-order valence-electron chi connectivity index (χ4n) is 4.67. The first-order chi connectivity index (χ1) is 38.4. The summed E-state index contributed by atoms with van der Waals surface area (Å²) in [5, 5.41) is 117. The second-order valence-electron chi connectivity index (χ2n) is 15.1. The zero-order chi connectivity index (χ0) is 60.7. The average Bonchev–Trinajstić information content (AvgIpc) is 3.50. The summed E-state index contributed by atoms with van der Waals surface area (Å²) in [6.07, 6.45) is 6.10. The maximum Gasteiger partial charge on any atom is 3.00 e. The summed E-state index contributed by atoms with van der Waals surface area (Å²) in [5.41, 5.74) is 2.41. The molecule has 0 unspecified atom stereocenters. The molecular weight excluding hydrogens is 1360 g/mol. The Balaban J connectivity index is -0.000000455. The number of hydrogen-bond donors (Lipinski definition) is 4. The van der Waals surface area contributed by atoms with Crippen LogP contribution in [-0.2, 0) is 9.59 Å². The average molecular weight is 1420 g/mol. The topological polar surface area (TPSA) is 368 Å². The van der Waals surface area contributed by atoms with Crippen molar-refractivity contribution in [1.82, 2.24) is 9.80 Å². The molecule has 0 fully saturated rings. The zero-order valence-corrected chi connectivity index (χ0v) is 49.8. The van der Waals surface area contributed by atoms with Crippen LogP contribution in [0.2, 0.25) is 0 Å². The van der Waals surface area contributed by atoms with Gasteiger partial charge in [-0.15, -0.1) is 0 Å². The van der Waals surface area contributed by atoms with Gasteiger partial charge in [0.05, 0.1) is 23.9 Å². The van der Waals surface area contributed by atoms with Crippen LogP contribution in [0.15, 0.2) is 213 Å². The van der Waals surface area contributed by atoms with Crippen LogP contribution in [0.3, 0.4) is 0 Å². The minimum absolute atomic E-state index is 0. The number of oxime groups is 2.